The van der Waals surface area contributed by atoms with Gasteiger partial charge in [0, 0.05) is 31.8 Å². The molecule has 3 heterocycles. The number of nitrogens with one attached hydrogen (secondary N) is 2. The van der Waals surface area contributed by atoms with Crippen LogP contribution < -0.4 is 11.0 Å². The van der Waals surface area contributed by atoms with Crippen LogP contribution in [0.2, 0.25) is 0 Å². The third kappa shape index (κ3) is 4.99. The first kappa shape index (κ1) is 26.9. The molecule has 11 heteroatoms. The number of fused-ring (bicyclic) bond motifs is 1. The molecule has 1 aliphatic heterocycles. The summed E-state index contributed by atoms with van der Waals surface area (Å²) in [7, 11) is 0. The Morgan fingerprint density at radius 3 is 2.68 bits per heavy atom. The molecule has 0 saturated carbocycles. The fourth-order valence-corrected chi connectivity index (χ4v) is 4.23. The number of hydrogen-bond acceptors (Lipinski definition) is 6. The van der Waals surface area contributed by atoms with Crippen molar-refractivity contribution >= 4 is 28.3 Å². The molecule has 0 bridgehead atoms. The summed E-state index contributed by atoms with van der Waals surface area (Å²) < 4.78 is 45.0. The lowest BCUT2D eigenvalue weighted by molar-refractivity contribution is -0.170. The first-order valence-corrected chi connectivity index (χ1v) is 11.8. The van der Waals surface area contributed by atoms with Crippen LogP contribution >= 0.6 is 0 Å². The lowest BCUT2D eigenvalue weighted by Crippen LogP contribution is -2.41. The van der Waals surface area contributed by atoms with Gasteiger partial charge in [-0.1, -0.05) is 24.1 Å². The molecule has 8 nitrogen and oxygen atoms in total. The lowest BCUT2D eigenvalue weighted by atomic mass is 9.90. The first-order valence-electron chi connectivity index (χ1n) is 11.8. The van der Waals surface area contributed by atoms with Gasteiger partial charge in [0.05, 0.1) is 10.9 Å². The third-order valence-electron chi connectivity index (χ3n) is 6.50. The molecule has 2 aromatic heterocycles. The average molecular weight is 526 g/mol. The molecule has 1 atom stereocenters. The molecule has 3 aromatic rings. The minimum atomic E-state index is -3.91. The summed E-state index contributed by atoms with van der Waals surface area (Å²) in [5, 5.41) is 13.1. The van der Waals surface area contributed by atoms with Gasteiger partial charge in [-0.05, 0) is 43.5 Å². The zero-order valence-corrected chi connectivity index (χ0v) is 21.0. The number of rotatable bonds is 6. The second kappa shape index (κ2) is 9.95. The highest BCUT2D eigenvalue weighted by molar-refractivity contribution is 5.89. The first-order chi connectivity index (χ1) is 17.8. The normalized spacial score (nSPS) is 15.1. The standard InChI is InChI=1S/C27H26F3N5O3/c1-5-21(18-7-6-8-20(22(18)28)27(29,30)26(3,4)38)32-24-19-13-17(14-31-23(19)33-25(37)34-24)16-9-11-35(12-10-16)15(2)36/h1,6-9,13-14,21,38H,10-12H2,2-4H3,(H2,31,32,33,34,37)/t21-/m1/s1. The van der Waals surface area contributed by atoms with Crippen LogP contribution in [0.5, 0.6) is 0 Å². The van der Waals surface area contributed by atoms with Crippen LogP contribution in [0.25, 0.3) is 16.6 Å². The number of carbonyl (C=O) groups excluding carboxylic acids is 1. The van der Waals surface area contributed by atoms with Crippen molar-refractivity contribution in [1.82, 2.24) is 19.9 Å². The highest BCUT2D eigenvalue weighted by Gasteiger charge is 2.49. The molecule has 0 fully saturated rings. The number of aromatic nitrogens is 3. The van der Waals surface area contributed by atoms with Gasteiger partial charge in [-0.2, -0.15) is 13.8 Å². The van der Waals surface area contributed by atoms with Gasteiger partial charge in [0.25, 0.3) is 0 Å². The Kier molecular flexibility index (Phi) is 7.04. The molecule has 1 amide bonds. The molecule has 0 spiro atoms. The molecule has 4 rings (SSSR count). The monoisotopic (exact) mass is 525 g/mol. The number of hydrogen-bond donors (Lipinski definition) is 3. The van der Waals surface area contributed by atoms with Gasteiger partial charge in [-0.3, -0.25) is 9.78 Å². The van der Waals surface area contributed by atoms with E-state index < -0.39 is 34.6 Å². The van der Waals surface area contributed by atoms with Gasteiger partial charge in [0.2, 0.25) is 5.91 Å². The van der Waals surface area contributed by atoms with Gasteiger partial charge in [-0.25, -0.2) is 14.2 Å². The van der Waals surface area contributed by atoms with Crippen molar-refractivity contribution in [1.29, 1.82) is 0 Å². The Morgan fingerprint density at radius 1 is 1.34 bits per heavy atom. The van der Waals surface area contributed by atoms with Crippen LogP contribution in [0.4, 0.5) is 19.0 Å². The van der Waals surface area contributed by atoms with Crippen LogP contribution in [-0.4, -0.2) is 49.6 Å². The van der Waals surface area contributed by atoms with Crippen molar-refractivity contribution < 1.29 is 23.1 Å². The van der Waals surface area contributed by atoms with Crippen molar-refractivity contribution in [3.63, 3.8) is 0 Å². The summed E-state index contributed by atoms with van der Waals surface area (Å²) >= 11 is 0. The summed E-state index contributed by atoms with van der Waals surface area (Å²) in [6.45, 7) is 4.25. The zero-order valence-electron chi connectivity index (χ0n) is 21.0. The quantitative estimate of drug-likeness (QED) is 0.423. The van der Waals surface area contributed by atoms with E-state index in [4.69, 9.17) is 6.42 Å². The number of anilines is 1. The molecular weight excluding hydrogens is 499 g/mol. The number of carbonyl (C=O) groups is 1. The predicted octanol–water partition coefficient (Wildman–Crippen LogP) is 3.74. The summed E-state index contributed by atoms with van der Waals surface area (Å²) in [6.07, 6.45) is 9.73. The zero-order chi connectivity index (χ0) is 27.8. The fourth-order valence-electron chi connectivity index (χ4n) is 4.23. The number of terminal acetylenes is 1. The molecule has 3 N–H and O–H groups in total. The minimum absolute atomic E-state index is 0.0122. The second-order valence-electron chi connectivity index (χ2n) is 9.54. The van der Waals surface area contributed by atoms with Crippen molar-refractivity contribution in [3.8, 4) is 12.3 Å². The van der Waals surface area contributed by atoms with Gasteiger partial charge in [-0.15, -0.1) is 6.42 Å². The van der Waals surface area contributed by atoms with Gasteiger partial charge >= 0.3 is 11.6 Å². The Bertz CT molecular complexity index is 1540. The molecule has 0 unspecified atom stereocenters. The maximum absolute atomic E-state index is 15.4. The number of alkyl halides is 2. The Balaban J connectivity index is 1.74. The molecule has 38 heavy (non-hydrogen) atoms. The Morgan fingerprint density at radius 2 is 2.08 bits per heavy atom. The summed E-state index contributed by atoms with van der Waals surface area (Å²) in [5.41, 5.74) is -2.71. The van der Waals surface area contributed by atoms with E-state index >= 15 is 4.39 Å². The van der Waals surface area contributed by atoms with E-state index in [2.05, 4.69) is 26.2 Å². The maximum Gasteiger partial charge on any atom is 0.348 e. The van der Waals surface area contributed by atoms with Crippen LogP contribution in [0.1, 0.15) is 49.9 Å². The fraction of sp³-hybridized carbons (Fsp3) is 0.333. The number of H-pyrrole nitrogens is 1. The van der Waals surface area contributed by atoms with E-state index in [9.17, 15) is 23.5 Å². The van der Waals surface area contributed by atoms with Crippen molar-refractivity contribution in [3.05, 3.63) is 69.5 Å². The van der Waals surface area contributed by atoms with Crippen molar-refractivity contribution in [2.75, 3.05) is 18.4 Å². The SMILES string of the molecule is C#C[C@@H](Nc1nc(=O)[nH]c2ncc(C3=CCN(C(C)=O)CC3)cc12)c1cccc(C(F)(F)C(C)(C)O)c1F. The third-order valence-corrected chi connectivity index (χ3v) is 6.50. The molecule has 0 aliphatic carbocycles. The van der Waals surface area contributed by atoms with E-state index in [0.29, 0.717) is 24.9 Å². The average Bonchev–Trinajstić information content (AvgIpc) is 2.86. The Hall–Kier alpha value is -4.17. The molecule has 0 saturated heterocycles. The summed E-state index contributed by atoms with van der Waals surface area (Å²) in [4.78, 5) is 36.3. The van der Waals surface area contributed by atoms with Crippen molar-refractivity contribution in [2.45, 2.75) is 44.8 Å². The minimum Gasteiger partial charge on any atom is -0.384 e. The molecule has 1 aromatic carbocycles. The second-order valence-corrected chi connectivity index (χ2v) is 9.54. The Labute approximate surface area is 216 Å². The van der Waals surface area contributed by atoms with Gasteiger partial charge in [0.15, 0.2) is 0 Å². The van der Waals surface area contributed by atoms with E-state index in [1.54, 1.807) is 17.2 Å². The summed E-state index contributed by atoms with van der Waals surface area (Å²) in [6, 6.07) is 3.77. The van der Waals surface area contributed by atoms with Crippen LogP contribution in [0, 0.1) is 18.2 Å². The maximum atomic E-state index is 15.4. The predicted molar refractivity (Wildman–Crippen MR) is 137 cm³/mol. The molecule has 198 valence electrons. The van der Waals surface area contributed by atoms with Gasteiger partial charge < -0.3 is 15.3 Å². The number of nitrogens with zero attached hydrogens (tertiary/aromatic N) is 3. The van der Waals surface area contributed by atoms with E-state index in [0.717, 1.165) is 31.1 Å². The highest BCUT2D eigenvalue weighted by Crippen LogP contribution is 2.41. The molecule has 0 radical (unpaired) electrons. The lowest BCUT2D eigenvalue weighted by Gasteiger charge is -2.30. The van der Waals surface area contributed by atoms with Crippen LogP contribution in [-0.2, 0) is 10.7 Å². The van der Waals surface area contributed by atoms with E-state index in [-0.39, 0.29) is 22.9 Å². The van der Waals surface area contributed by atoms with E-state index in [1.807, 2.05) is 6.08 Å². The van der Waals surface area contributed by atoms with Crippen LogP contribution in [0.3, 0.4) is 0 Å². The van der Waals surface area contributed by atoms with Crippen LogP contribution in [0.15, 0.2) is 41.3 Å². The highest BCUT2D eigenvalue weighted by atomic mass is 19.3. The number of pyridine rings is 1. The largest absolute Gasteiger partial charge is 0.384 e. The summed E-state index contributed by atoms with van der Waals surface area (Å²) in [5.74, 6) is -2.91. The van der Waals surface area contributed by atoms with E-state index in [1.165, 1.54) is 19.1 Å². The number of benzene rings is 1. The number of aromatic amines is 1. The van der Waals surface area contributed by atoms with Crippen molar-refractivity contribution in [2.24, 2.45) is 0 Å². The smallest absolute Gasteiger partial charge is 0.348 e. The van der Waals surface area contributed by atoms with Gasteiger partial charge in [0.1, 0.15) is 28.9 Å². The molecular formula is C27H26F3N5O3. The number of aliphatic hydroxyl groups is 1. The number of amides is 1. The topological polar surface area (TPSA) is 111 Å². The molecule has 1 aliphatic rings. The number of halogens is 3.